The van der Waals surface area contributed by atoms with Crippen LogP contribution in [0.1, 0.15) is 38.5 Å². The van der Waals surface area contributed by atoms with Crippen molar-refractivity contribution in [3.05, 3.63) is 22.4 Å². The van der Waals surface area contributed by atoms with E-state index in [0.29, 0.717) is 6.54 Å². The summed E-state index contributed by atoms with van der Waals surface area (Å²) >= 11 is 1.68. The molecule has 1 aromatic rings. The lowest BCUT2D eigenvalue weighted by Gasteiger charge is -2.29. The highest BCUT2D eigenvalue weighted by Crippen LogP contribution is 2.15. The van der Waals surface area contributed by atoms with E-state index < -0.39 is 0 Å². The molecule has 1 atom stereocenters. The monoisotopic (exact) mass is 254 g/mol. The van der Waals surface area contributed by atoms with Crippen molar-refractivity contribution in [3.63, 3.8) is 0 Å². The number of amides is 1. The van der Waals surface area contributed by atoms with Gasteiger partial charge in [-0.1, -0.05) is 19.4 Å². The van der Waals surface area contributed by atoms with Crippen LogP contribution >= 0.6 is 11.3 Å². The predicted molar refractivity (Wildman–Crippen MR) is 72.9 cm³/mol. The molecule has 1 unspecified atom stereocenters. The third-order valence-electron chi connectivity index (χ3n) is 2.73. The number of thiophene rings is 1. The van der Waals surface area contributed by atoms with Crippen LogP contribution in [0.25, 0.3) is 0 Å². The Balaban J connectivity index is 2.68. The van der Waals surface area contributed by atoms with Crippen molar-refractivity contribution < 1.29 is 4.79 Å². The van der Waals surface area contributed by atoms with Crippen molar-refractivity contribution in [3.8, 4) is 0 Å². The third-order valence-corrected chi connectivity index (χ3v) is 3.59. The molecule has 0 spiro atoms. The first-order chi connectivity index (χ1) is 8.06. The highest BCUT2D eigenvalue weighted by Gasteiger charge is 2.22. The molecule has 0 aromatic carbocycles. The third kappa shape index (κ3) is 4.13. The number of carbonyl (C=O) groups excluding carboxylic acids is 1. The molecule has 3 nitrogen and oxygen atoms in total. The second kappa shape index (κ2) is 6.77. The molecule has 0 saturated heterocycles. The van der Waals surface area contributed by atoms with Gasteiger partial charge in [0.15, 0.2) is 0 Å². The Kier molecular flexibility index (Phi) is 5.65. The van der Waals surface area contributed by atoms with Crippen LogP contribution in [0.4, 0.5) is 0 Å². The first-order valence-electron chi connectivity index (χ1n) is 6.14. The minimum atomic E-state index is -0.359. The quantitative estimate of drug-likeness (QED) is 0.848. The zero-order valence-corrected chi connectivity index (χ0v) is 11.7. The number of nitrogens with two attached hydrogens (primary N) is 1. The van der Waals surface area contributed by atoms with Gasteiger partial charge in [0.25, 0.3) is 0 Å². The molecule has 0 bridgehead atoms. The minimum absolute atomic E-state index is 0.0650. The first kappa shape index (κ1) is 14.2. The molecule has 2 N–H and O–H groups in total. The minimum Gasteiger partial charge on any atom is -0.334 e. The summed E-state index contributed by atoms with van der Waals surface area (Å²) in [5, 5.41) is 2.03. The molecule has 17 heavy (non-hydrogen) atoms. The second-order valence-corrected chi connectivity index (χ2v) is 5.57. The van der Waals surface area contributed by atoms with E-state index in [1.165, 1.54) is 4.88 Å². The maximum absolute atomic E-state index is 12.2. The lowest BCUT2D eigenvalue weighted by atomic mass is 10.1. The Morgan fingerprint density at radius 3 is 2.71 bits per heavy atom. The predicted octanol–water partition coefficient (Wildman–Crippen LogP) is 2.61. The molecule has 1 heterocycles. The molecular formula is C13H22N2OS. The van der Waals surface area contributed by atoms with Gasteiger partial charge in [-0.2, -0.15) is 0 Å². The summed E-state index contributed by atoms with van der Waals surface area (Å²) in [6.07, 6.45) is 1.70. The van der Waals surface area contributed by atoms with Gasteiger partial charge in [0.05, 0.1) is 12.6 Å². The fourth-order valence-corrected chi connectivity index (χ4v) is 2.44. The number of rotatable bonds is 6. The standard InChI is InChI=1S/C13H22N2OS/c1-4-6-12(14)13(16)15(10(2)3)9-11-7-5-8-17-11/h5,7-8,10,12H,4,6,9,14H2,1-3H3. The van der Waals surface area contributed by atoms with Gasteiger partial charge in [-0.3, -0.25) is 4.79 Å². The Bertz CT molecular complexity index is 335. The van der Waals surface area contributed by atoms with Gasteiger partial charge in [-0.05, 0) is 31.7 Å². The van der Waals surface area contributed by atoms with Gasteiger partial charge < -0.3 is 10.6 Å². The molecule has 1 rings (SSSR count). The van der Waals surface area contributed by atoms with E-state index in [4.69, 9.17) is 5.73 Å². The Labute approximate surface area is 108 Å². The molecule has 0 aliphatic heterocycles. The van der Waals surface area contributed by atoms with Crippen molar-refractivity contribution >= 4 is 17.2 Å². The van der Waals surface area contributed by atoms with E-state index in [1.807, 2.05) is 37.1 Å². The van der Waals surface area contributed by atoms with Crippen LogP contribution in [0, 0.1) is 0 Å². The second-order valence-electron chi connectivity index (χ2n) is 4.53. The summed E-state index contributed by atoms with van der Waals surface area (Å²) in [4.78, 5) is 15.3. The molecule has 0 radical (unpaired) electrons. The molecule has 0 fully saturated rings. The Morgan fingerprint density at radius 2 is 2.24 bits per heavy atom. The number of nitrogens with zero attached hydrogens (tertiary/aromatic N) is 1. The average molecular weight is 254 g/mol. The van der Waals surface area contributed by atoms with Gasteiger partial charge in [0.1, 0.15) is 0 Å². The highest BCUT2D eigenvalue weighted by atomic mass is 32.1. The molecule has 96 valence electrons. The number of hydrogen-bond acceptors (Lipinski definition) is 3. The van der Waals surface area contributed by atoms with Gasteiger partial charge >= 0.3 is 0 Å². The van der Waals surface area contributed by atoms with Crippen molar-refractivity contribution in [1.82, 2.24) is 4.90 Å². The normalized spacial score (nSPS) is 12.8. The van der Waals surface area contributed by atoms with E-state index in [0.717, 1.165) is 12.8 Å². The van der Waals surface area contributed by atoms with Gasteiger partial charge in [0, 0.05) is 10.9 Å². The van der Waals surface area contributed by atoms with Gasteiger partial charge in [-0.15, -0.1) is 11.3 Å². The fourth-order valence-electron chi connectivity index (χ4n) is 1.73. The molecule has 0 aliphatic carbocycles. The average Bonchev–Trinajstić information content (AvgIpc) is 2.77. The van der Waals surface area contributed by atoms with Crippen molar-refractivity contribution in [2.45, 2.75) is 52.2 Å². The van der Waals surface area contributed by atoms with Crippen molar-refractivity contribution in [1.29, 1.82) is 0 Å². The Morgan fingerprint density at radius 1 is 1.53 bits per heavy atom. The zero-order chi connectivity index (χ0) is 12.8. The topological polar surface area (TPSA) is 46.3 Å². The van der Waals surface area contributed by atoms with Crippen LogP contribution in [-0.2, 0) is 11.3 Å². The summed E-state index contributed by atoms with van der Waals surface area (Å²) in [5.74, 6) is 0.0650. The zero-order valence-electron chi connectivity index (χ0n) is 10.8. The van der Waals surface area contributed by atoms with E-state index in [9.17, 15) is 4.79 Å². The highest BCUT2D eigenvalue weighted by molar-refractivity contribution is 7.09. The molecule has 1 amide bonds. The van der Waals surface area contributed by atoms with Crippen LogP contribution in [0.5, 0.6) is 0 Å². The van der Waals surface area contributed by atoms with E-state index >= 15 is 0 Å². The van der Waals surface area contributed by atoms with E-state index in [-0.39, 0.29) is 18.0 Å². The van der Waals surface area contributed by atoms with Crippen LogP contribution in [0.2, 0.25) is 0 Å². The summed E-state index contributed by atoms with van der Waals surface area (Å²) in [5.41, 5.74) is 5.91. The first-order valence-corrected chi connectivity index (χ1v) is 7.02. The Hall–Kier alpha value is -0.870. The SMILES string of the molecule is CCCC(N)C(=O)N(Cc1cccs1)C(C)C. The fraction of sp³-hybridized carbons (Fsp3) is 0.615. The van der Waals surface area contributed by atoms with Crippen LogP contribution in [0.15, 0.2) is 17.5 Å². The van der Waals surface area contributed by atoms with Crippen LogP contribution in [-0.4, -0.2) is 22.9 Å². The lowest BCUT2D eigenvalue weighted by Crippen LogP contribution is -2.46. The summed E-state index contributed by atoms with van der Waals surface area (Å²) in [6, 6.07) is 3.89. The molecule has 1 aromatic heterocycles. The smallest absolute Gasteiger partial charge is 0.240 e. The summed E-state index contributed by atoms with van der Waals surface area (Å²) in [7, 11) is 0. The molecule has 0 aliphatic rings. The molecule has 4 heteroatoms. The largest absolute Gasteiger partial charge is 0.334 e. The van der Waals surface area contributed by atoms with Gasteiger partial charge in [-0.25, -0.2) is 0 Å². The molecular weight excluding hydrogens is 232 g/mol. The maximum atomic E-state index is 12.2. The summed E-state index contributed by atoms with van der Waals surface area (Å²) < 4.78 is 0. The van der Waals surface area contributed by atoms with Crippen molar-refractivity contribution in [2.24, 2.45) is 5.73 Å². The van der Waals surface area contributed by atoms with Crippen LogP contribution in [0.3, 0.4) is 0 Å². The summed E-state index contributed by atoms with van der Waals surface area (Å²) in [6.45, 7) is 6.78. The van der Waals surface area contributed by atoms with Crippen LogP contribution < -0.4 is 5.73 Å². The van der Waals surface area contributed by atoms with Gasteiger partial charge in [0.2, 0.25) is 5.91 Å². The van der Waals surface area contributed by atoms with Crippen molar-refractivity contribution in [2.75, 3.05) is 0 Å². The number of carbonyl (C=O) groups is 1. The number of hydrogen-bond donors (Lipinski definition) is 1. The maximum Gasteiger partial charge on any atom is 0.240 e. The lowest BCUT2D eigenvalue weighted by molar-refractivity contribution is -0.135. The molecule has 0 saturated carbocycles. The van der Waals surface area contributed by atoms with E-state index in [2.05, 4.69) is 6.07 Å². The van der Waals surface area contributed by atoms with E-state index in [1.54, 1.807) is 11.3 Å².